The van der Waals surface area contributed by atoms with Crippen LogP contribution in [0.5, 0.6) is 11.5 Å². The van der Waals surface area contributed by atoms with E-state index in [0.717, 1.165) is 21.5 Å². The van der Waals surface area contributed by atoms with Crippen LogP contribution in [0.25, 0.3) is 0 Å². The van der Waals surface area contributed by atoms with Crippen LogP contribution in [-0.2, 0) is 0 Å². The van der Waals surface area contributed by atoms with Crippen LogP contribution in [0.2, 0.25) is 0 Å². The summed E-state index contributed by atoms with van der Waals surface area (Å²) in [6.45, 7) is 0.269. The maximum atomic E-state index is 5.19. The Morgan fingerprint density at radius 1 is 1.38 bits per heavy atom. The van der Waals surface area contributed by atoms with Crippen LogP contribution in [0.1, 0.15) is 5.56 Å². The molecule has 1 aliphatic rings. The maximum Gasteiger partial charge on any atom is 0.231 e. The lowest BCUT2D eigenvalue weighted by molar-refractivity contribution is 0.174. The number of rotatable bonds is 1. The van der Waals surface area contributed by atoms with Crippen molar-refractivity contribution in [2.45, 2.75) is 0 Å². The summed E-state index contributed by atoms with van der Waals surface area (Å²) in [6.07, 6.45) is 1.55. The SMILES string of the molecule is N/N=C\c1cc2c(cc1Br)OCO2. The average Bonchev–Trinajstić information content (AvgIpc) is 2.52. The number of benzene rings is 1. The van der Waals surface area contributed by atoms with Crippen LogP contribution >= 0.6 is 15.9 Å². The lowest BCUT2D eigenvalue weighted by Gasteiger charge is -2.00. The first kappa shape index (κ1) is 8.37. The zero-order valence-corrected chi connectivity index (χ0v) is 8.24. The molecule has 2 N–H and O–H groups in total. The number of hydrogen-bond acceptors (Lipinski definition) is 4. The number of ether oxygens (including phenoxy) is 2. The van der Waals surface area contributed by atoms with E-state index in [2.05, 4.69) is 21.0 Å². The number of halogens is 1. The van der Waals surface area contributed by atoms with Gasteiger partial charge in [-0.2, -0.15) is 5.10 Å². The monoisotopic (exact) mass is 242 g/mol. The highest BCUT2D eigenvalue weighted by Gasteiger charge is 2.15. The Kier molecular flexibility index (Phi) is 2.10. The maximum absolute atomic E-state index is 5.19. The Morgan fingerprint density at radius 2 is 2.08 bits per heavy atom. The van der Waals surface area contributed by atoms with Gasteiger partial charge in [0.05, 0.1) is 6.21 Å². The number of nitrogens with two attached hydrogens (primary N) is 1. The van der Waals surface area contributed by atoms with Crippen LogP contribution in [0, 0.1) is 0 Å². The van der Waals surface area contributed by atoms with E-state index < -0.39 is 0 Å². The summed E-state index contributed by atoms with van der Waals surface area (Å²) in [5.41, 5.74) is 0.867. The van der Waals surface area contributed by atoms with Crippen LogP contribution in [-0.4, -0.2) is 13.0 Å². The van der Waals surface area contributed by atoms with E-state index in [0.29, 0.717) is 0 Å². The van der Waals surface area contributed by atoms with Crippen molar-refractivity contribution >= 4 is 22.1 Å². The first-order chi connectivity index (χ1) is 6.31. The van der Waals surface area contributed by atoms with Crippen molar-refractivity contribution in [1.82, 2.24) is 0 Å². The molecule has 13 heavy (non-hydrogen) atoms. The van der Waals surface area contributed by atoms with Gasteiger partial charge in [0, 0.05) is 10.0 Å². The lowest BCUT2D eigenvalue weighted by atomic mass is 10.2. The Bertz CT molecular complexity index is 365. The molecule has 2 rings (SSSR count). The molecule has 5 heteroatoms. The molecule has 0 aliphatic carbocycles. The molecule has 68 valence electrons. The molecule has 1 aromatic rings. The van der Waals surface area contributed by atoms with E-state index in [4.69, 9.17) is 15.3 Å². The molecule has 1 aromatic carbocycles. The van der Waals surface area contributed by atoms with E-state index in [1.165, 1.54) is 0 Å². The van der Waals surface area contributed by atoms with Crippen molar-refractivity contribution in [1.29, 1.82) is 0 Å². The van der Waals surface area contributed by atoms with Gasteiger partial charge in [-0.25, -0.2) is 0 Å². The smallest absolute Gasteiger partial charge is 0.231 e. The Balaban J connectivity index is 2.49. The molecule has 0 bridgehead atoms. The molecule has 0 saturated heterocycles. The highest BCUT2D eigenvalue weighted by molar-refractivity contribution is 9.10. The zero-order valence-electron chi connectivity index (χ0n) is 6.66. The first-order valence-corrected chi connectivity index (χ1v) is 4.43. The molecule has 0 aromatic heterocycles. The van der Waals surface area contributed by atoms with E-state index >= 15 is 0 Å². The Morgan fingerprint density at radius 3 is 2.77 bits per heavy atom. The minimum Gasteiger partial charge on any atom is -0.454 e. The standard InChI is InChI=1S/C8H7BrN2O2/c9-6-2-8-7(12-4-13-8)1-5(6)3-11-10/h1-3H,4,10H2/b11-3-. The van der Waals surface area contributed by atoms with Gasteiger partial charge in [-0.3, -0.25) is 0 Å². The molecule has 0 fully saturated rings. The second-order valence-corrected chi connectivity index (χ2v) is 3.36. The van der Waals surface area contributed by atoms with E-state index in [-0.39, 0.29) is 6.79 Å². The van der Waals surface area contributed by atoms with E-state index in [1.807, 2.05) is 12.1 Å². The summed E-state index contributed by atoms with van der Waals surface area (Å²) in [7, 11) is 0. The van der Waals surface area contributed by atoms with Crippen molar-refractivity contribution in [3.05, 3.63) is 22.2 Å². The van der Waals surface area contributed by atoms with Gasteiger partial charge in [0.25, 0.3) is 0 Å². The molecule has 0 unspecified atom stereocenters. The fourth-order valence-corrected chi connectivity index (χ4v) is 1.54. The molecule has 0 amide bonds. The van der Waals surface area contributed by atoms with Gasteiger partial charge in [-0.05, 0) is 28.1 Å². The van der Waals surface area contributed by atoms with Crippen molar-refractivity contribution in [2.24, 2.45) is 10.9 Å². The number of hydrazone groups is 1. The first-order valence-electron chi connectivity index (χ1n) is 3.63. The van der Waals surface area contributed by atoms with Gasteiger partial charge in [-0.1, -0.05) is 0 Å². The van der Waals surface area contributed by atoms with Crippen molar-refractivity contribution in [3.8, 4) is 11.5 Å². The molecule has 1 aliphatic heterocycles. The Hall–Kier alpha value is -1.23. The predicted octanol–water partition coefficient (Wildman–Crippen LogP) is 1.47. The fourth-order valence-electron chi connectivity index (χ4n) is 1.11. The predicted molar refractivity (Wildman–Crippen MR) is 52.0 cm³/mol. The number of hydrogen-bond donors (Lipinski definition) is 1. The van der Waals surface area contributed by atoms with Gasteiger partial charge < -0.3 is 15.3 Å². The summed E-state index contributed by atoms with van der Waals surface area (Å²) in [5.74, 6) is 6.51. The molecule has 0 spiro atoms. The summed E-state index contributed by atoms with van der Waals surface area (Å²) in [5, 5.41) is 3.44. The van der Waals surface area contributed by atoms with Crippen molar-refractivity contribution in [2.75, 3.05) is 6.79 Å². The number of nitrogens with zero attached hydrogens (tertiary/aromatic N) is 1. The molecule has 0 saturated carbocycles. The summed E-state index contributed by atoms with van der Waals surface area (Å²) in [4.78, 5) is 0. The van der Waals surface area contributed by atoms with Gasteiger partial charge in [0.2, 0.25) is 6.79 Å². The van der Waals surface area contributed by atoms with Gasteiger partial charge in [0.15, 0.2) is 11.5 Å². The van der Waals surface area contributed by atoms with Gasteiger partial charge in [-0.15, -0.1) is 0 Å². The molecular weight excluding hydrogens is 236 g/mol. The summed E-state index contributed by atoms with van der Waals surface area (Å²) >= 11 is 3.37. The van der Waals surface area contributed by atoms with E-state index in [1.54, 1.807) is 6.21 Å². The van der Waals surface area contributed by atoms with Crippen LogP contribution < -0.4 is 15.3 Å². The second-order valence-electron chi connectivity index (χ2n) is 2.51. The van der Waals surface area contributed by atoms with E-state index in [9.17, 15) is 0 Å². The highest BCUT2D eigenvalue weighted by Crippen LogP contribution is 2.36. The average molecular weight is 243 g/mol. The van der Waals surface area contributed by atoms with Crippen molar-refractivity contribution < 1.29 is 9.47 Å². The lowest BCUT2D eigenvalue weighted by Crippen LogP contribution is -1.92. The quantitative estimate of drug-likeness (QED) is 0.461. The molecule has 0 atom stereocenters. The third-order valence-electron chi connectivity index (χ3n) is 1.71. The van der Waals surface area contributed by atoms with Gasteiger partial charge >= 0.3 is 0 Å². The topological polar surface area (TPSA) is 56.8 Å². The van der Waals surface area contributed by atoms with Crippen LogP contribution in [0.3, 0.4) is 0 Å². The molecule has 0 radical (unpaired) electrons. The normalized spacial score (nSPS) is 13.9. The highest BCUT2D eigenvalue weighted by atomic mass is 79.9. The fraction of sp³-hybridized carbons (Fsp3) is 0.125. The Labute approximate surface area is 83.5 Å². The minimum atomic E-state index is 0.269. The molecular formula is C8H7BrN2O2. The third-order valence-corrected chi connectivity index (χ3v) is 2.39. The van der Waals surface area contributed by atoms with Crippen LogP contribution in [0.15, 0.2) is 21.7 Å². The summed E-state index contributed by atoms with van der Waals surface area (Å²) in [6, 6.07) is 3.65. The molecule has 1 heterocycles. The number of fused-ring (bicyclic) bond motifs is 1. The zero-order chi connectivity index (χ0) is 9.26. The minimum absolute atomic E-state index is 0.269. The van der Waals surface area contributed by atoms with Crippen LogP contribution in [0.4, 0.5) is 0 Å². The van der Waals surface area contributed by atoms with Crippen molar-refractivity contribution in [3.63, 3.8) is 0 Å². The van der Waals surface area contributed by atoms with Gasteiger partial charge in [0.1, 0.15) is 0 Å². The molecule has 4 nitrogen and oxygen atoms in total. The largest absolute Gasteiger partial charge is 0.454 e. The second kappa shape index (κ2) is 3.26. The third kappa shape index (κ3) is 1.47. The summed E-state index contributed by atoms with van der Waals surface area (Å²) < 4.78 is 11.3.